The zero-order chi connectivity index (χ0) is 13.1. The smallest absolute Gasteiger partial charge is 0.148 e. The second kappa shape index (κ2) is 5.99. The largest absolute Gasteiger partial charge is 0.354 e. The fraction of sp³-hybridized carbons (Fsp3) is 0.167. The molecule has 18 heavy (non-hydrogen) atoms. The normalized spacial score (nSPS) is 10.4. The van der Waals surface area contributed by atoms with Gasteiger partial charge in [0.1, 0.15) is 17.3 Å². The van der Waals surface area contributed by atoms with Gasteiger partial charge in [0, 0.05) is 18.1 Å². The number of halogens is 3. The standard InChI is InChI=1S/C12H10Br2ClN3/c1-18(6-8-3-2-4-9(13)5-8)12-10(14)11(15)16-7-17-12/h2-5,7H,6H2,1H3. The highest BCUT2D eigenvalue weighted by Gasteiger charge is 2.11. The first-order valence-corrected chi connectivity index (χ1v) is 7.16. The van der Waals surface area contributed by atoms with E-state index in [-0.39, 0.29) is 0 Å². The van der Waals surface area contributed by atoms with Crippen LogP contribution in [0.1, 0.15) is 5.56 Å². The zero-order valence-electron chi connectivity index (χ0n) is 9.57. The maximum atomic E-state index is 5.95. The molecule has 0 radical (unpaired) electrons. The molecule has 6 heteroatoms. The second-order valence-electron chi connectivity index (χ2n) is 3.79. The predicted molar refractivity (Wildman–Crippen MR) is 81.0 cm³/mol. The lowest BCUT2D eigenvalue weighted by Gasteiger charge is -2.19. The molecule has 0 N–H and O–H groups in total. The lowest BCUT2D eigenvalue weighted by molar-refractivity contribution is 0.885. The highest BCUT2D eigenvalue weighted by atomic mass is 79.9. The third kappa shape index (κ3) is 3.22. The molecule has 1 aromatic carbocycles. The summed E-state index contributed by atoms with van der Waals surface area (Å²) in [6, 6.07) is 8.15. The third-order valence-electron chi connectivity index (χ3n) is 2.40. The van der Waals surface area contributed by atoms with E-state index >= 15 is 0 Å². The highest BCUT2D eigenvalue weighted by Crippen LogP contribution is 2.29. The number of rotatable bonds is 3. The molecular weight excluding hydrogens is 381 g/mol. The molecule has 1 heterocycles. The molecule has 0 amide bonds. The van der Waals surface area contributed by atoms with E-state index in [1.807, 2.05) is 24.1 Å². The minimum Gasteiger partial charge on any atom is -0.354 e. The number of aromatic nitrogens is 2. The van der Waals surface area contributed by atoms with Crippen LogP contribution in [0.15, 0.2) is 39.5 Å². The molecule has 0 unspecified atom stereocenters. The van der Waals surface area contributed by atoms with Crippen LogP contribution in [0.2, 0.25) is 5.15 Å². The molecule has 0 saturated carbocycles. The van der Waals surface area contributed by atoms with E-state index in [1.54, 1.807) is 0 Å². The van der Waals surface area contributed by atoms with E-state index in [2.05, 4.69) is 54.0 Å². The van der Waals surface area contributed by atoms with Crippen LogP contribution >= 0.6 is 43.5 Å². The SMILES string of the molecule is CN(Cc1cccc(Br)c1)c1ncnc(Cl)c1Br. The van der Waals surface area contributed by atoms with E-state index in [0.29, 0.717) is 9.63 Å². The van der Waals surface area contributed by atoms with Gasteiger partial charge in [0.15, 0.2) is 0 Å². The quantitative estimate of drug-likeness (QED) is 0.731. The molecule has 0 aliphatic carbocycles. The minimum absolute atomic E-state index is 0.418. The molecule has 0 saturated heterocycles. The van der Waals surface area contributed by atoms with Crippen molar-refractivity contribution in [1.29, 1.82) is 0 Å². The molecule has 94 valence electrons. The van der Waals surface area contributed by atoms with Gasteiger partial charge in [0.05, 0.1) is 4.47 Å². The van der Waals surface area contributed by atoms with Gasteiger partial charge in [-0.3, -0.25) is 0 Å². The Balaban J connectivity index is 2.22. The first-order chi connectivity index (χ1) is 8.58. The molecule has 3 nitrogen and oxygen atoms in total. The van der Waals surface area contributed by atoms with Gasteiger partial charge in [0.25, 0.3) is 0 Å². The summed E-state index contributed by atoms with van der Waals surface area (Å²) in [4.78, 5) is 10.2. The van der Waals surface area contributed by atoms with E-state index in [1.165, 1.54) is 11.9 Å². The van der Waals surface area contributed by atoms with Gasteiger partial charge in [-0.05, 0) is 33.6 Å². The molecule has 2 aromatic rings. The molecule has 2 rings (SSSR count). The predicted octanol–water partition coefficient (Wildman–Crippen LogP) is 4.29. The van der Waals surface area contributed by atoms with Gasteiger partial charge < -0.3 is 4.90 Å². The van der Waals surface area contributed by atoms with Crippen molar-refractivity contribution >= 4 is 49.3 Å². The van der Waals surface area contributed by atoms with Crippen LogP contribution in [0.25, 0.3) is 0 Å². The Morgan fingerprint density at radius 2 is 2.06 bits per heavy atom. The Bertz CT molecular complexity index is 563. The summed E-state index contributed by atoms with van der Waals surface area (Å²) in [5.74, 6) is 0.773. The number of anilines is 1. The van der Waals surface area contributed by atoms with Crippen LogP contribution in [0, 0.1) is 0 Å². The van der Waals surface area contributed by atoms with Crippen molar-refractivity contribution in [3.63, 3.8) is 0 Å². The van der Waals surface area contributed by atoms with Crippen LogP contribution in [-0.2, 0) is 6.54 Å². The number of hydrogen-bond donors (Lipinski definition) is 0. The van der Waals surface area contributed by atoms with Gasteiger partial charge in [-0.2, -0.15) is 0 Å². The Morgan fingerprint density at radius 3 is 2.78 bits per heavy atom. The van der Waals surface area contributed by atoms with E-state index < -0.39 is 0 Å². The second-order valence-corrected chi connectivity index (χ2v) is 5.85. The maximum Gasteiger partial charge on any atom is 0.148 e. The molecule has 0 fully saturated rings. The lowest BCUT2D eigenvalue weighted by Crippen LogP contribution is -2.18. The average Bonchev–Trinajstić information content (AvgIpc) is 2.32. The van der Waals surface area contributed by atoms with Crippen molar-refractivity contribution in [3.8, 4) is 0 Å². The molecule has 1 aromatic heterocycles. The summed E-state index contributed by atoms with van der Waals surface area (Å²) in [5, 5.41) is 0.418. The summed E-state index contributed by atoms with van der Waals surface area (Å²) in [7, 11) is 1.96. The van der Waals surface area contributed by atoms with E-state index in [0.717, 1.165) is 16.8 Å². The lowest BCUT2D eigenvalue weighted by atomic mass is 10.2. The summed E-state index contributed by atoms with van der Waals surface area (Å²) in [5.41, 5.74) is 1.19. The number of hydrogen-bond acceptors (Lipinski definition) is 3. The van der Waals surface area contributed by atoms with Crippen LogP contribution in [0.3, 0.4) is 0 Å². The van der Waals surface area contributed by atoms with E-state index in [9.17, 15) is 0 Å². The summed E-state index contributed by atoms with van der Waals surface area (Å²) in [6.45, 7) is 0.741. The molecule has 0 aliphatic rings. The van der Waals surface area contributed by atoms with Gasteiger partial charge in [-0.15, -0.1) is 0 Å². The van der Waals surface area contributed by atoms with Crippen LogP contribution in [0.4, 0.5) is 5.82 Å². The fourth-order valence-corrected chi connectivity index (χ4v) is 2.67. The summed E-state index contributed by atoms with van der Waals surface area (Å²) >= 11 is 12.8. The van der Waals surface area contributed by atoms with Crippen LogP contribution in [-0.4, -0.2) is 17.0 Å². The van der Waals surface area contributed by atoms with Crippen molar-refractivity contribution in [3.05, 3.63) is 50.3 Å². The summed E-state index contributed by atoms with van der Waals surface area (Å²) in [6.07, 6.45) is 1.46. The molecular formula is C12H10Br2ClN3. The van der Waals surface area contributed by atoms with Gasteiger partial charge in [-0.25, -0.2) is 9.97 Å². The van der Waals surface area contributed by atoms with Crippen molar-refractivity contribution < 1.29 is 0 Å². The minimum atomic E-state index is 0.418. The summed E-state index contributed by atoms with van der Waals surface area (Å²) < 4.78 is 1.78. The first kappa shape index (κ1) is 13.8. The monoisotopic (exact) mass is 389 g/mol. The molecule has 0 atom stereocenters. The Morgan fingerprint density at radius 1 is 1.28 bits per heavy atom. The Kier molecular flexibility index (Phi) is 4.59. The van der Waals surface area contributed by atoms with Crippen molar-refractivity contribution in [1.82, 2.24) is 9.97 Å². The van der Waals surface area contributed by atoms with Crippen LogP contribution in [0.5, 0.6) is 0 Å². The van der Waals surface area contributed by atoms with Crippen molar-refractivity contribution in [2.75, 3.05) is 11.9 Å². The molecule has 0 spiro atoms. The zero-order valence-corrected chi connectivity index (χ0v) is 13.5. The Hall–Kier alpha value is -0.650. The van der Waals surface area contributed by atoms with Gasteiger partial charge >= 0.3 is 0 Å². The maximum absolute atomic E-state index is 5.95. The number of nitrogens with zero attached hydrogens (tertiary/aromatic N) is 3. The van der Waals surface area contributed by atoms with E-state index in [4.69, 9.17) is 11.6 Å². The van der Waals surface area contributed by atoms with Gasteiger partial charge in [-0.1, -0.05) is 39.7 Å². The average molecular weight is 391 g/mol. The highest BCUT2D eigenvalue weighted by molar-refractivity contribution is 9.11. The van der Waals surface area contributed by atoms with Crippen molar-refractivity contribution in [2.45, 2.75) is 6.54 Å². The molecule has 0 aliphatic heterocycles. The molecule has 0 bridgehead atoms. The third-order valence-corrected chi connectivity index (χ3v) is 4.14. The topological polar surface area (TPSA) is 29.0 Å². The fourth-order valence-electron chi connectivity index (χ4n) is 1.59. The Labute approximate surface area is 127 Å². The van der Waals surface area contributed by atoms with Crippen LogP contribution < -0.4 is 4.90 Å². The number of benzene rings is 1. The first-order valence-electron chi connectivity index (χ1n) is 5.19. The van der Waals surface area contributed by atoms with Crippen molar-refractivity contribution in [2.24, 2.45) is 0 Å². The van der Waals surface area contributed by atoms with Gasteiger partial charge in [0.2, 0.25) is 0 Å².